The highest BCUT2D eigenvalue weighted by Gasteiger charge is 2.38. The molecule has 3 aromatic rings. The van der Waals surface area contributed by atoms with E-state index in [4.69, 9.17) is 0 Å². The van der Waals surface area contributed by atoms with Crippen molar-refractivity contribution >= 4 is 17.4 Å². The third-order valence-electron chi connectivity index (χ3n) is 4.60. The number of aryl methyl sites for hydroxylation is 1. The predicted molar refractivity (Wildman–Crippen MR) is 100 cm³/mol. The van der Waals surface area contributed by atoms with E-state index in [2.05, 4.69) is 10.3 Å². The number of fused-ring (bicyclic) bond motifs is 1. The molecule has 0 radical (unpaired) electrons. The molecule has 1 amide bonds. The third kappa shape index (κ3) is 3.19. The van der Waals surface area contributed by atoms with Crippen molar-refractivity contribution in [1.29, 1.82) is 0 Å². The molecule has 7 heteroatoms. The minimum atomic E-state index is -4.45. The lowest BCUT2D eigenvalue weighted by atomic mass is 10.1. The van der Waals surface area contributed by atoms with E-state index >= 15 is 0 Å². The average Bonchev–Trinajstić information content (AvgIpc) is 2.94. The van der Waals surface area contributed by atoms with Gasteiger partial charge in [-0.25, -0.2) is 4.98 Å². The van der Waals surface area contributed by atoms with Crippen molar-refractivity contribution < 1.29 is 18.0 Å². The maximum absolute atomic E-state index is 13.1. The summed E-state index contributed by atoms with van der Waals surface area (Å²) in [5.41, 5.74) is 1.63. The van der Waals surface area contributed by atoms with Gasteiger partial charge in [-0.05, 0) is 42.8 Å². The van der Waals surface area contributed by atoms with Gasteiger partial charge in [0.2, 0.25) is 0 Å². The third-order valence-corrected chi connectivity index (χ3v) is 4.60. The van der Waals surface area contributed by atoms with Crippen LogP contribution in [0.2, 0.25) is 0 Å². The van der Waals surface area contributed by atoms with Gasteiger partial charge in [-0.15, -0.1) is 0 Å². The number of benzene rings is 2. The Balaban J connectivity index is 1.76. The largest absolute Gasteiger partial charge is 0.416 e. The number of hydrogen-bond donors (Lipinski definition) is 1. The number of anilines is 2. The number of nitrogens with one attached hydrogen (secondary N) is 1. The zero-order valence-electron chi connectivity index (χ0n) is 14.9. The van der Waals surface area contributed by atoms with Crippen molar-refractivity contribution in [3.63, 3.8) is 0 Å². The molecule has 4 nitrogen and oxygen atoms in total. The van der Waals surface area contributed by atoms with Crippen LogP contribution in [0.5, 0.6) is 0 Å². The van der Waals surface area contributed by atoms with E-state index in [0.717, 1.165) is 17.7 Å². The van der Waals surface area contributed by atoms with E-state index in [9.17, 15) is 18.0 Å². The second-order valence-corrected chi connectivity index (χ2v) is 6.58. The molecule has 2 aromatic carbocycles. The smallest absolute Gasteiger partial charge is 0.361 e. The molecule has 1 atom stereocenters. The lowest BCUT2D eigenvalue weighted by Gasteiger charge is -2.26. The van der Waals surface area contributed by atoms with E-state index in [1.165, 1.54) is 11.0 Å². The van der Waals surface area contributed by atoms with Gasteiger partial charge in [-0.2, -0.15) is 13.2 Å². The summed E-state index contributed by atoms with van der Waals surface area (Å²) in [6.45, 7) is 1.88. The zero-order chi connectivity index (χ0) is 19.9. The molecule has 4 rings (SSSR count). The van der Waals surface area contributed by atoms with E-state index in [0.29, 0.717) is 16.9 Å². The number of hydrogen-bond acceptors (Lipinski definition) is 3. The molecule has 0 unspecified atom stereocenters. The lowest BCUT2D eigenvalue weighted by molar-refractivity contribution is -0.137. The fourth-order valence-electron chi connectivity index (χ4n) is 3.24. The Kier molecular flexibility index (Phi) is 4.30. The van der Waals surface area contributed by atoms with E-state index < -0.39 is 17.9 Å². The Morgan fingerprint density at radius 1 is 1.04 bits per heavy atom. The quantitative estimate of drug-likeness (QED) is 0.678. The summed E-state index contributed by atoms with van der Waals surface area (Å²) in [4.78, 5) is 18.8. The number of halogens is 3. The van der Waals surface area contributed by atoms with Gasteiger partial charge in [0.15, 0.2) is 0 Å². The summed E-state index contributed by atoms with van der Waals surface area (Å²) >= 11 is 0. The van der Waals surface area contributed by atoms with Crippen LogP contribution in [0.25, 0.3) is 0 Å². The molecule has 1 aliphatic rings. The van der Waals surface area contributed by atoms with E-state index in [1.54, 1.807) is 42.6 Å². The second-order valence-electron chi connectivity index (χ2n) is 6.58. The summed E-state index contributed by atoms with van der Waals surface area (Å²) in [7, 11) is 0. The molecular weight excluding hydrogens is 367 g/mol. The Morgan fingerprint density at radius 2 is 1.82 bits per heavy atom. The van der Waals surface area contributed by atoms with Crippen molar-refractivity contribution in [3.05, 3.63) is 89.1 Å². The summed E-state index contributed by atoms with van der Waals surface area (Å²) in [6, 6.07) is 15.5. The van der Waals surface area contributed by atoms with Crippen LogP contribution in [-0.2, 0) is 6.18 Å². The number of carbonyl (C=O) groups is 1. The monoisotopic (exact) mass is 383 g/mol. The average molecular weight is 383 g/mol. The first-order chi connectivity index (χ1) is 13.3. The first kappa shape index (κ1) is 18.0. The Labute approximate surface area is 159 Å². The first-order valence-electron chi connectivity index (χ1n) is 8.63. The predicted octanol–water partition coefficient (Wildman–Crippen LogP) is 5.18. The van der Waals surface area contributed by atoms with Gasteiger partial charge >= 0.3 is 6.18 Å². The van der Waals surface area contributed by atoms with Gasteiger partial charge in [0.1, 0.15) is 12.0 Å². The van der Waals surface area contributed by atoms with Crippen LogP contribution in [0.4, 0.5) is 24.7 Å². The maximum atomic E-state index is 13.1. The molecule has 28 heavy (non-hydrogen) atoms. The van der Waals surface area contributed by atoms with Crippen molar-refractivity contribution in [3.8, 4) is 0 Å². The minimum Gasteiger partial charge on any atom is -0.361 e. The molecular formula is C21H16F3N3O. The van der Waals surface area contributed by atoms with Crippen LogP contribution >= 0.6 is 0 Å². The summed E-state index contributed by atoms with van der Waals surface area (Å²) in [5, 5.41) is 3.07. The number of pyridine rings is 1. The lowest BCUT2D eigenvalue weighted by Crippen LogP contribution is -2.33. The number of rotatable bonds is 3. The number of alkyl halides is 3. The highest BCUT2D eigenvalue weighted by Crippen LogP contribution is 2.38. The number of amides is 1. The number of nitrogens with zero attached hydrogens (tertiary/aromatic N) is 2. The molecule has 0 saturated carbocycles. The van der Waals surface area contributed by atoms with Gasteiger partial charge in [0.25, 0.3) is 5.91 Å². The van der Waals surface area contributed by atoms with Gasteiger partial charge in [0.05, 0.1) is 5.56 Å². The summed E-state index contributed by atoms with van der Waals surface area (Å²) in [6.07, 6.45) is -3.46. The topological polar surface area (TPSA) is 45.2 Å². The van der Waals surface area contributed by atoms with Crippen LogP contribution < -0.4 is 10.2 Å². The van der Waals surface area contributed by atoms with E-state index in [-0.39, 0.29) is 11.6 Å². The highest BCUT2D eigenvalue weighted by molar-refractivity contribution is 6.11. The summed E-state index contributed by atoms with van der Waals surface area (Å²) in [5.74, 6) is 0.174. The Bertz CT molecular complexity index is 1030. The molecule has 0 aliphatic carbocycles. The van der Waals surface area contributed by atoms with Gasteiger partial charge < -0.3 is 5.32 Å². The Morgan fingerprint density at radius 3 is 2.54 bits per heavy atom. The molecule has 1 aliphatic heterocycles. The molecule has 0 bridgehead atoms. The van der Waals surface area contributed by atoms with Crippen molar-refractivity contribution in [1.82, 2.24) is 4.98 Å². The first-order valence-corrected chi connectivity index (χ1v) is 8.63. The van der Waals surface area contributed by atoms with Crippen molar-refractivity contribution in [2.75, 3.05) is 10.2 Å². The molecule has 1 N–H and O–H groups in total. The van der Waals surface area contributed by atoms with Crippen molar-refractivity contribution in [2.45, 2.75) is 19.3 Å². The standard InChI is InChI=1S/C21H16F3N3O/c1-13-9-10-18(25-12-13)27-19(16-7-2-3-8-17(16)20(27)28)26-15-6-4-5-14(11-15)21(22,23)24/h2-12,19,26H,1H3/t19-/m0/s1. The van der Waals surface area contributed by atoms with Crippen LogP contribution in [0.15, 0.2) is 66.9 Å². The van der Waals surface area contributed by atoms with Crippen LogP contribution in [-0.4, -0.2) is 10.9 Å². The van der Waals surface area contributed by atoms with Gasteiger partial charge in [-0.3, -0.25) is 9.69 Å². The van der Waals surface area contributed by atoms with Gasteiger partial charge in [0, 0.05) is 23.0 Å². The molecule has 1 aromatic heterocycles. The Hall–Kier alpha value is -3.35. The van der Waals surface area contributed by atoms with E-state index in [1.807, 2.05) is 13.0 Å². The highest BCUT2D eigenvalue weighted by atomic mass is 19.4. The van der Waals surface area contributed by atoms with Crippen LogP contribution in [0.3, 0.4) is 0 Å². The number of aromatic nitrogens is 1. The van der Waals surface area contributed by atoms with Crippen LogP contribution in [0.1, 0.15) is 33.2 Å². The zero-order valence-corrected chi connectivity index (χ0v) is 14.9. The van der Waals surface area contributed by atoms with Crippen molar-refractivity contribution in [2.24, 2.45) is 0 Å². The molecule has 142 valence electrons. The van der Waals surface area contributed by atoms with Gasteiger partial charge in [-0.1, -0.05) is 30.3 Å². The second kappa shape index (κ2) is 6.67. The maximum Gasteiger partial charge on any atom is 0.416 e. The molecule has 0 spiro atoms. The molecule has 0 fully saturated rings. The minimum absolute atomic E-state index is 0.253. The normalized spacial score (nSPS) is 16.2. The fraction of sp³-hybridized carbons (Fsp3) is 0.143. The molecule has 2 heterocycles. The fourth-order valence-corrected chi connectivity index (χ4v) is 3.24. The molecule has 0 saturated heterocycles. The summed E-state index contributed by atoms with van der Waals surface area (Å²) < 4.78 is 39.2. The number of carbonyl (C=O) groups excluding carboxylic acids is 1. The van der Waals surface area contributed by atoms with Crippen LogP contribution in [0, 0.1) is 6.92 Å². The SMILES string of the molecule is Cc1ccc(N2C(=O)c3ccccc3[C@H]2Nc2cccc(C(F)(F)F)c2)nc1.